The molecule has 0 bridgehead atoms. The molecule has 1 aliphatic heterocycles. The summed E-state index contributed by atoms with van der Waals surface area (Å²) in [5.41, 5.74) is 2.76. The van der Waals surface area contributed by atoms with Gasteiger partial charge in [0.25, 0.3) is 5.91 Å². The summed E-state index contributed by atoms with van der Waals surface area (Å²) in [5, 5.41) is 10.2. The third-order valence-electron chi connectivity index (χ3n) is 4.98. The Morgan fingerprint density at radius 2 is 1.74 bits per heavy atom. The van der Waals surface area contributed by atoms with Crippen LogP contribution in [-0.4, -0.2) is 47.1 Å². The van der Waals surface area contributed by atoms with Crippen LogP contribution in [0.3, 0.4) is 0 Å². The van der Waals surface area contributed by atoms with Crippen LogP contribution in [0.1, 0.15) is 16.1 Å². The number of halogens is 1. The molecule has 138 valence electrons. The van der Waals surface area contributed by atoms with Crippen LogP contribution in [0.2, 0.25) is 0 Å². The Labute approximate surface area is 156 Å². The monoisotopic (exact) mass is 365 g/mol. The molecule has 1 aromatic heterocycles. The molecule has 6 heteroatoms. The van der Waals surface area contributed by atoms with Gasteiger partial charge in [0.05, 0.1) is 16.8 Å². The van der Waals surface area contributed by atoms with Gasteiger partial charge in [-0.05, 0) is 49.4 Å². The largest absolute Gasteiger partial charge is 0.508 e. The van der Waals surface area contributed by atoms with Crippen LogP contribution in [0, 0.1) is 12.7 Å². The minimum Gasteiger partial charge on any atom is -0.508 e. The number of anilines is 1. The van der Waals surface area contributed by atoms with E-state index in [0.29, 0.717) is 29.9 Å². The molecule has 0 unspecified atom stereocenters. The van der Waals surface area contributed by atoms with Gasteiger partial charge in [0.15, 0.2) is 0 Å². The highest BCUT2D eigenvalue weighted by Gasteiger charge is 2.24. The Kier molecular flexibility index (Phi) is 4.39. The molecule has 4 rings (SSSR count). The van der Waals surface area contributed by atoms with Gasteiger partial charge < -0.3 is 14.9 Å². The van der Waals surface area contributed by atoms with E-state index < -0.39 is 0 Å². The Morgan fingerprint density at radius 1 is 1.04 bits per heavy atom. The third kappa shape index (κ3) is 3.43. The second-order valence-electron chi connectivity index (χ2n) is 6.75. The van der Waals surface area contributed by atoms with Crippen molar-refractivity contribution >= 4 is 22.5 Å². The molecule has 27 heavy (non-hydrogen) atoms. The van der Waals surface area contributed by atoms with Gasteiger partial charge in [-0.3, -0.25) is 9.78 Å². The van der Waals surface area contributed by atoms with Gasteiger partial charge in [0.2, 0.25) is 0 Å². The number of pyridine rings is 1. The van der Waals surface area contributed by atoms with Crippen molar-refractivity contribution in [3.63, 3.8) is 0 Å². The summed E-state index contributed by atoms with van der Waals surface area (Å²) in [5.74, 6) is -0.137. The minimum absolute atomic E-state index is 0.0448. The highest BCUT2D eigenvalue weighted by Crippen LogP contribution is 2.22. The summed E-state index contributed by atoms with van der Waals surface area (Å²) in [4.78, 5) is 21.4. The van der Waals surface area contributed by atoms with Gasteiger partial charge >= 0.3 is 0 Å². The van der Waals surface area contributed by atoms with Crippen LogP contribution < -0.4 is 4.90 Å². The van der Waals surface area contributed by atoms with Crippen LogP contribution in [0.4, 0.5) is 10.1 Å². The zero-order chi connectivity index (χ0) is 19.0. The minimum atomic E-state index is -0.334. The van der Waals surface area contributed by atoms with Crippen LogP contribution in [0.15, 0.2) is 48.5 Å². The molecule has 0 radical (unpaired) electrons. The molecule has 3 aromatic rings. The fraction of sp³-hybridized carbons (Fsp3) is 0.238. The fourth-order valence-electron chi connectivity index (χ4n) is 3.45. The predicted molar refractivity (Wildman–Crippen MR) is 103 cm³/mol. The van der Waals surface area contributed by atoms with Crippen molar-refractivity contribution in [2.75, 3.05) is 31.1 Å². The normalized spacial score (nSPS) is 14.6. The number of hydrogen-bond donors (Lipinski definition) is 1. The molecule has 1 amide bonds. The van der Waals surface area contributed by atoms with Gasteiger partial charge in [-0.1, -0.05) is 0 Å². The van der Waals surface area contributed by atoms with Gasteiger partial charge in [0, 0.05) is 43.3 Å². The number of fused-ring (bicyclic) bond motifs is 1. The summed E-state index contributed by atoms with van der Waals surface area (Å²) < 4.78 is 13.4. The molecule has 2 heterocycles. The molecular formula is C21H20FN3O2. The number of aryl methyl sites for hydroxylation is 1. The number of hydrogen-bond acceptors (Lipinski definition) is 4. The zero-order valence-corrected chi connectivity index (χ0v) is 15.0. The number of benzene rings is 2. The van der Waals surface area contributed by atoms with E-state index in [1.807, 2.05) is 17.0 Å². The summed E-state index contributed by atoms with van der Waals surface area (Å²) in [7, 11) is 0. The van der Waals surface area contributed by atoms with E-state index in [1.165, 1.54) is 12.1 Å². The molecule has 1 aliphatic rings. The molecular weight excluding hydrogens is 345 g/mol. The van der Waals surface area contributed by atoms with Crippen molar-refractivity contribution in [1.29, 1.82) is 0 Å². The fourth-order valence-corrected chi connectivity index (χ4v) is 3.45. The lowest BCUT2D eigenvalue weighted by molar-refractivity contribution is 0.0746. The highest BCUT2D eigenvalue weighted by atomic mass is 19.1. The van der Waals surface area contributed by atoms with Crippen molar-refractivity contribution < 1.29 is 14.3 Å². The standard InChI is InChI=1S/C21H20FN3O2/c1-14-19(12-15-2-3-16(22)13-20(15)23-14)21(27)25-10-8-24(9-11-25)17-4-6-18(26)7-5-17/h2-7,12-13,26H,8-11H2,1H3. The molecule has 1 fully saturated rings. The molecule has 5 nitrogen and oxygen atoms in total. The molecule has 0 atom stereocenters. The number of aromatic hydroxyl groups is 1. The van der Waals surface area contributed by atoms with Crippen molar-refractivity contribution in [1.82, 2.24) is 9.88 Å². The van der Waals surface area contributed by atoms with Crippen molar-refractivity contribution in [2.45, 2.75) is 6.92 Å². The number of amides is 1. The molecule has 1 N–H and O–H groups in total. The maximum Gasteiger partial charge on any atom is 0.255 e. The number of carbonyl (C=O) groups excluding carboxylic acids is 1. The van der Waals surface area contributed by atoms with E-state index in [4.69, 9.17) is 0 Å². The van der Waals surface area contributed by atoms with E-state index >= 15 is 0 Å². The zero-order valence-electron chi connectivity index (χ0n) is 15.0. The number of carbonyl (C=O) groups is 1. The summed E-state index contributed by atoms with van der Waals surface area (Å²) in [6, 6.07) is 13.3. The lowest BCUT2D eigenvalue weighted by Crippen LogP contribution is -2.49. The number of phenolic OH excluding ortho intramolecular Hbond substituents is 1. The van der Waals surface area contributed by atoms with Gasteiger partial charge in [-0.2, -0.15) is 0 Å². The number of phenols is 1. The van der Waals surface area contributed by atoms with Crippen molar-refractivity contribution in [3.8, 4) is 5.75 Å². The molecule has 2 aromatic carbocycles. The molecule has 1 saturated heterocycles. The lowest BCUT2D eigenvalue weighted by Gasteiger charge is -2.36. The first-order valence-corrected chi connectivity index (χ1v) is 8.91. The second-order valence-corrected chi connectivity index (χ2v) is 6.75. The van der Waals surface area contributed by atoms with E-state index in [2.05, 4.69) is 9.88 Å². The SMILES string of the molecule is Cc1nc2cc(F)ccc2cc1C(=O)N1CCN(c2ccc(O)cc2)CC1. The van der Waals surface area contributed by atoms with Gasteiger partial charge in [0.1, 0.15) is 11.6 Å². The molecule has 0 saturated carbocycles. The maximum absolute atomic E-state index is 13.4. The number of rotatable bonds is 2. The summed E-state index contributed by atoms with van der Waals surface area (Å²) >= 11 is 0. The average Bonchev–Trinajstić information content (AvgIpc) is 2.67. The van der Waals surface area contributed by atoms with Crippen LogP contribution in [0.5, 0.6) is 5.75 Å². The third-order valence-corrected chi connectivity index (χ3v) is 4.98. The van der Waals surface area contributed by atoms with Crippen LogP contribution in [-0.2, 0) is 0 Å². The van der Waals surface area contributed by atoms with Crippen molar-refractivity contribution in [2.24, 2.45) is 0 Å². The van der Waals surface area contributed by atoms with E-state index in [0.717, 1.165) is 24.2 Å². The Hall–Kier alpha value is -3.15. The second kappa shape index (κ2) is 6.87. The summed E-state index contributed by atoms with van der Waals surface area (Å²) in [6.07, 6.45) is 0. The van der Waals surface area contributed by atoms with E-state index in [-0.39, 0.29) is 17.5 Å². The summed E-state index contributed by atoms with van der Waals surface area (Å²) in [6.45, 7) is 4.45. The quantitative estimate of drug-likeness (QED) is 0.757. The lowest BCUT2D eigenvalue weighted by atomic mass is 10.1. The number of aromatic nitrogens is 1. The van der Waals surface area contributed by atoms with E-state index in [1.54, 1.807) is 31.2 Å². The number of piperazine rings is 1. The van der Waals surface area contributed by atoms with Crippen molar-refractivity contribution in [3.05, 3.63) is 65.6 Å². The smallest absolute Gasteiger partial charge is 0.255 e. The maximum atomic E-state index is 13.4. The Bertz CT molecular complexity index is 996. The number of nitrogens with zero attached hydrogens (tertiary/aromatic N) is 3. The van der Waals surface area contributed by atoms with Crippen LogP contribution in [0.25, 0.3) is 10.9 Å². The highest BCUT2D eigenvalue weighted by molar-refractivity contribution is 5.98. The molecule has 0 spiro atoms. The predicted octanol–water partition coefficient (Wildman–Crippen LogP) is 3.35. The van der Waals surface area contributed by atoms with Crippen LogP contribution >= 0.6 is 0 Å². The Balaban J connectivity index is 1.51. The first-order chi connectivity index (χ1) is 13.0. The Morgan fingerprint density at radius 3 is 2.44 bits per heavy atom. The average molecular weight is 365 g/mol. The van der Waals surface area contributed by atoms with Gasteiger partial charge in [-0.15, -0.1) is 0 Å². The first kappa shape index (κ1) is 17.3. The van der Waals surface area contributed by atoms with E-state index in [9.17, 15) is 14.3 Å². The van der Waals surface area contributed by atoms with Gasteiger partial charge in [-0.25, -0.2) is 4.39 Å². The molecule has 0 aliphatic carbocycles. The first-order valence-electron chi connectivity index (χ1n) is 8.91. The topological polar surface area (TPSA) is 56.7 Å².